The third kappa shape index (κ3) is 3.28. The minimum absolute atomic E-state index is 0.0130. The van der Waals surface area contributed by atoms with Crippen molar-refractivity contribution >= 4 is 51.7 Å². The van der Waals surface area contributed by atoms with Crippen LogP contribution < -0.4 is 11.1 Å². The van der Waals surface area contributed by atoms with Gasteiger partial charge in [0.2, 0.25) is 0 Å². The summed E-state index contributed by atoms with van der Waals surface area (Å²) in [6, 6.07) is 7.04. The minimum Gasteiger partial charge on any atom is -0.389 e. The van der Waals surface area contributed by atoms with Crippen LogP contribution in [0.5, 0.6) is 0 Å². The Morgan fingerprint density at radius 1 is 1.37 bits per heavy atom. The van der Waals surface area contributed by atoms with Crippen molar-refractivity contribution in [3.8, 4) is 0 Å². The molecule has 0 saturated carbocycles. The van der Waals surface area contributed by atoms with E-state index in [9.17, 15) is 9.18 Å². The molecular formula is C12H8ClFN2OS2. The summed E-state index contributed by atoms with van der Waals surface area (Å²) in [7, 11) is 0. The fraction of sp³-hybridized carbons (Fsp3) is 0. The van der Waals surface area contributed by atoms with Gasteiger partial charge in [0.15, 0.2) is 0 Å². The fourth-order valence-corrected chi connectivity index (χ4v) is 2.56. The molecule has 0 aliphatic carbocycles. The van der Waals surface area contributed by atoms with Crippen LogP contribution in [0.15, 0.2) is 30.3 Å². The van der Waals surface area contributed by atoms with Crippen LogP contribution in [-0.2, 0) is 0 Å². The zero-order valence-corrected chi connectivity index (χ0v) is 11.8. The maximum absolute atomic E-state index is 13.1. The maximum Gasteiger partial charge on any atom is 0.265 e. The first kappa shape index (κ1) is 13.9. The number of hydrogen-bond donors (Lipinski definition) is 2. The van der Waals surface area contributed by atoms with E-state index in [1.807, 2.05) is 0 Å². The second-order valence-corrected chi connectivity index (χ2v) is 5.77. The molecule has 0 aliphatic rings. The normalized spacial score (nSPS) is 10.2. The average Bonchev–Trinajstić information content (AvgIpc) is 2.78. The number of halogens is 2. The molecule has 98 valence electrons. The van der Waals surface area contributed by atoms with Gasteiger partial charge in [0, 0.05) is 5.56 Å². The molecule has 7 heteroatoms. The molecule has 1 heterocycles. The summed E-state index contributed by atoms with van der Waals surface area (Å²) in [6.45, 7) is 0. The van der Waals surface area contributed by atoms with Gasteiger partial charge in [-0.25, -0.2) is 4.39 Å². The zero-order chi connectivity index (χ0) is 14.0. The number of hydrogen-bond acceptors (Lipinski definition) is 3. The Bertz CT molecular complexity index is 657. The molecule has 0 fully saturated rings. The second kappa shape index (κ2) is 5.64. The highest BCUT2D eigenvalue weighted by molar-refractivity contribution is 7.80. The molecule has 2 rings (SSSR count). The van der Waals surface area contributed by atoms with E-state index in [2.05, 4.69) is 5.32 Å². The van der Waals surface area contributed by atoms with E-state index < -0.39 is 5.82 Å². The third-order valence-corrected chi connectivity index (χ3v) is 3.74. The van der Waals surface area contributed by atoms with E-state index in [4.69, 9.17) is 29.6 Å². The first-order valence-corrected chi connectivity index (χ1v) is 6.73. The quantitative estimate of drug-likeness (QED) is 0.853. The number of thiocarbonyl (C=S) groups is 1. The largest absolute Gasteiger partial charge is 0.389 e. The lowest BCUT2D eigenvalue weighted by molar-refractivity contribution is 0.103. The Labute approximate surface area is 123 Å². The first-order chi connectivity index (χ1) is 8.97. The highest BCUT2D eigenvalue weighted by Crippen LogP contribution is 2.23. The van der Waals surface area contributed by atoms with Crippen molar-refractivity contribution < 1.29 is 9.18 Å². The molecule has 3 nitrogen and oxygen atoms in total. The van der Waals surface area contributed by atoms with Crippen molar-refractivity contribution in [2.75, 3.05) is 5.32 Å². The SMILES string of the molecule is NC(=S)c1cc(F)ccc1NC(=O)c1ccc(Cl)s1. The molecule has 0 saturated heterocycles. The lowest BCUT2D eigenvalue weighted by Gasteiger charge is -2.09. The fourth-order valence-electron chi connectivity index (χ4n) is 1.45. The predicted octanol–water partition coefficient (Wildman–Crippen LogP) is 3.43. The van der Waals surface area contributed by atoms with Gasteiger partial charge in [-0.2, -0.15) is 0 Å². The van der Waals surface area contributed by atoms with E-state index in [0.29, 0.717) is 14.9 Å². The van der Waals surface area contributed by atoms with E-state index in [1.165, 1.54) is 18.2 Å². The lowest BCUT2D eigenvalue weighted by Crippen LogP contribution is -2.17. The van der Waals surface area contributed by atoms with Crippen LogP contribution >= 0.6 is 35.2 Å². The van der Waals surface area contributed by atoms with Crippen molar-refractivity contribution in [1.82, 2.24) is 0 Å². The number of benzene rings is 1. The second-order valence-electron chi connectivity index (χ2n) is 3.61. The van der Waals surface area contributed by atoms with Gasteiger partial charge in [-0.3, -0.25) is 4.79 Å². The number of carbonyl (C=O) groups excluding carboxylic acids is 1. The van der Waals surface area contributed by atoms with Gasteiger partial charge in [0.1, 0.15) is 10.8 Å². The van der Waals surface area contributed by atoms with Gasteiger partial charge in [-0.1, -0.05) is 23.8 Å². The Kier molecular flexibility index (Phi) is 4.14. The smallest absolute Gasteiger partial charge is 0.265 e. The zero-order valence-electron chi connectivity index (χ0n) is 9.44. The van der Waals surface area contributed by atoms with Gasteiger partial charge < -0.3 is 11.1 Å². The Morgan fingerprint density at radius 2 is 2.11 bits per heavy atom. The van der Waals surface area contributed by atoms with Crippen LogP contribution in [0.4, 0.5) is 10.1 Å². The van der Waals surface area contributed by atoms with Gasteiger partial charge in [0.05, 0.1) is 14.9 Å². The number of rotatable bonds is 3. The Morgan fingerprint density at radius 3 is 2.68 bits per heavy atom. The number of carbonyl (C=O) groups is 1. The molecule has 0 unspecified atom stereocenters. The topological polar surface area (TPSA) is 55.1 Å². The molecule has 0 aliphatic heterocycles. The molecule has 0 radical (unpaired) electrons. The minimum atomic E-state index is -0.472. The van der Waals surface area contributed by atoms with Crippen LogP contribution in [0.1, 0.15) is 15.2 Å². The monoisotopic (exact) mass is 314 g/mol. The van der Waals surface area contributed by atoms with Crippen LogP contribution in [0.25, 0.3) is 0 Å². The van der Waals surface area contributed by atoms with Crippen molar-refractivity contribution in [1.29, 1.82) is 0 Å². The Hall–Kier alpha value is -1.50. The summed E-state index contributed by atoms with van der Waals surface area (Å²) in [5.41, 5.74) is 6.14. The summed E-state index contributed by atoms with van der Waals surface area (Å²) in [5.74, 6) is -0.819. The molecule has 0 spiro atoms. The van der Waals surface area contributed by atoms with Crippen molar-refractivity contribution in [3.05, 3.63) is 50.9 Å². The summed E-state index contributed by atoms with van der Waals surface area (Å²) >= 11 is 11.7. The molecule has 1 amide bonds. The lowest BCUT2D eigenvalue weighted by atomic mass is 10.1. The highest BCUT2D eigenvalue weighted by Gasteiger charge is 2.13. The predicted molar refractivity (Wildman–Crippen MR) is 79.6 cm³/mol. The number of nitrogens with two attached hydrogens (primary N) is 1. The third-order valence-electron chi connectivity index (χ3n) is 2.29. The summed E-state index contributed by atoms with van der Waals surface area (Å²) in [6.07, 6.45) is 0. The van der Waals surface area contributed by atoms with Crippen LogP contribution in [0.2, 0.25) is 4.34 Å². The van der Waals surface area contributed by atoms with E-state index in [-0.39, 0.29) is 16.5 Å². The number of thiophene rings is 1. The van der Waals surface area contributed by atoms with Crippen molar-refractivity contribution in [3.63, 3.8) is 0 Å². The molecular weight excluding hydrogens is 307 g/mol. The van der Waals surface area contributed by atoms with Gasteiger partial charge in [-0.15, -0.1) is 11.3 Å². The van der Waals surface area contributed by atoms with Crippen molar-refractivity contribution in [2.45, 2.75) is 0 Å². The molecule has 1 aromatic heterocycles. The van der Waals surface area contributed by atoms with Crippen molar-refractivity contribution in [2.24, 2.45) is 5.73 Å². The van der Waals surface area contributed by atoms with E-state index in [0.717, 1.165) is 11.3 Å². The standard InChI is InChI=1S/C12H8ClFN2OS2/c13-10-4-3-9(19-10)12(17)16-8-2-1-6(14)5-7(8)11(15)18/h1-5H,(H2,15,18)(H,16,17). The Balaban J connectivity index is 2.28. The van der Waals surface area contributed by atoms with Gasteiger partial charge >= 0.3 is 0 Å². The summed E-state index contributed by atoms with van der Waals surface area (Å²) in [4.78, 5) is 12.4. The average molecular weight is 315 g/mol. The maximum atomic E-state index is 13.1. The summed E-state index contributed by atoms with van der Waals surface area (Å²) < 4.78 is 13.6. The molecule has 19 heavy (non-hydrogen) atoms. The molecule has 1 aromatic carbocycles. The van der Waals surface area contributed by atoms with Crippen LogP contribution in [0.3, 0.4) is 0 Å². The molecule has 3 N–H and O–H groups in total. The summed E-state index contributed by atoms with van der Waals surface area (Å²) in [5, 5.41) is 2.63. The van der Waals surface area contributed by atoms with Crippen LogP contribution in [-0.4, -0.2) is 10.9 Å². The van der Waals surface area contributed by atoms with Gasteiger partial charge in [0.25, 0.3) is 5.91 Å². The van der Waals surface area contributed by atoms with E-state index in [1.54, 1.807) is 12.1 Å². The van der Waals surface area contributed by atoms with E-state index >= 15 is 0 Å². The molecule has 2 aromatic rings. The number of anilines is 1. The number of amides is 1. The highest BCUT2D eigenvalue weighted by atomic mass is 35.5. The first-order valence-electron chi connectivity index (χ1n) is 5.13. The molecule has 0 atom stereocenters. The molecule has 0 bridgehead atoms. The van der Waals surface area contributed by atoms with Crippen LogP contribution in [0, 0.1) is 5.82 Å². The number of nitrogens with one attached hydrogen (secondary N) is 1. The van der Waals surface area contributed by atoms with Gasteiger partial charge in [-0.05, 0) is 30.3 Å².